The molecule has 0 fully saturated rings. The molecule has 2 aromatic rings. The van der Waals surface area contributed by atoms with E-state index in [0.717, 1.165) is 26.4 Å². The summed E-state index contributed by atoms with van der Waals surface area (Å²) >= 11 is 5.03. The molecule has 0 unspecified atom stereocenters. The number of H-pyrrole nitrogens is 2. The number of thioether (sulfide) groups is 1. The van der Waals surface area contributed by atoms with E-state index >= 15 is 0 Å². The fourth-order valence-corrected chi connectivity index (χ4v) is 2.21. The van der Waals surface area contributed by atoms with Crippen molar-refractivity contribution in [3.05, 3.63) is 35.3 Å². The molecule has 0 aliphatic carbocycles. The number of benzene rings is 1. The minimum absolute atomic E-state index is 0.864. The molecule has 0 bridgehead atoms. The molecule has 2 N–H and O–H groups in total. The molecule has 0 atom stereocenters. The monoisotopic (exact) mass is 269 g/mol. The normalized spacial score (nSPS) is 10.6. The Kier molecular flexibility index (Phi) is 2.93. The Morgan fingerprint density at radius 3 is 3.00 bits per heavy atom. The van der Waals surface area contributed by atoms with Gasteiger partial charge in [-0.1, -0.05) is 34.6 Å². The van der Waals surface area contributed by atoms with Crippen LogP contribution in [0.3, 0.4) is 0 Å². The summed E-state index contributed by atoms with van der Waals surface area (Å²) in [6.07, 6.45) is 0. The summed E-state index contributed by atoms with van der Waals surface area (Å²) < 4.78 is 0.995. The number of fused-ring (bicyclic) bond motifs is 1. The quantitative estimate of drug-likeness (QED) is 0.854. The number of hydrogen-bond acceptors (Lipinski definition) is 1. The standard InChI is InChI=1S/C10H9BrN2S/c1-7(11)6-14-10-12-8-4-2-3-5-9(8)13-10/h2-5H,1,6H2,(H,12,13)/p+1. The molecule has 1 aromatic heterocycles. The zero-order valence-electron chi connectivity index (χ0n) is 7.51. The van der Waals surface area contributed by atoms with Gasteiger partial charge in [0.15, 0.2) is 11.0 Å². The molecule has 0 aliphatic heterocycles. The molecule has 0 aliphatic rings. The summed E-state index contributed by atoms with van der Waals surface area (Å²) in [6, 6.07) is 8.15. The van der Waals surface area contributed by atoms with Gasteiger partial charge in [0.05, 0.1) is 0 Å². The summed E-state index contributed by atoms with van der Waals surface area (Å²) in [6.45, 7) is 3.79. The van der Waals surface area contributed by atoms with Crippen molar-refractivity contribution >= 4 is 38.7 Å². The van der Waals surface area contributed by atoms with E-state index in [1.807, 2.05) is 12.1 Å². The number of hydrogen-bond donors (Lipinski definition) is 1. The fraction of sp³-hybridized carbons (Fsp3) is 0.100. The zero-order chi connectivity index (χ0) is 9.97. The Bertz CT molecular complexity index is 431. The first-order valence-corrected chi connectivity index (χ1v) is 5.99. The summed E-state index contributed by atoms with van der Waals surface area (Å²) in [5.41, 5.74) is 2.27. The molecular weight excluding hydrogens is 260 g/mol. The Balaban J connectivity index is 2.22. The Morgan fingerprint density at radius 2 is 2.29 bits per heavy atom. The summed E-state index contributed by atoms with van der Waals surface area (Å²) in [5, 5.41) is 1.06. The second-order valence-corrected chi connectivity index (χ2v) is 5.04. The van der Waals surface area contributed by atoms with Gasteiger partial charge >= 0.3 is 5.16 Å². The summed E-state index contributed by atoms with van der Waals surface area (Å²) in [4.78, 5) is 6.59. The van der Waals surface area contributed by atoms with Crippen LogP contribution < -0.4 is 4.98 Å². The van der Waals surface area contributed by atoms with Crippen molar-refractivity contribution in [1.29, 1.82) is 0 Å². The molecule has 4 heteroatoms. The van der Waals surface area contributed by atoms with Gasteiger partial charge in [-0.15, -0.1) is 0 Å². The van der Waals surface area contributed by atoms with E-state index in [2.05, 4.69) is 44.6 Å². The van der Waals surface area contributed by atoms with Crippen LogP contribution in [0.1, 0.15) is 0 Å². The Morgan fingerprint density at radius 1 is 1.50 bits per heavy atom. The molecule has 1 heterocycles. The molecule has 14 heavy (non-hydrogen) atoms. The Hall–Kier alpha value is -0.740. The van der Waals surface area contributed by atoms with Crippen LogP contribution >= 0.6 is 27.7 Å². The smallest absolute Gasteiger partial charge is 0.231 e. The molecule has 0 amide bonds. The minimum atomic E-state index is 0.864. The van der Waals surface area contributed by atoms with Gasteiger partial charge in [0.25, 0.3) is 0 Å². The predicted molar refractivity (Wildman–Crippen MR) is 63.6 cm³/mol. The first kappa shape index (κ1) is 9.80. The van der Waals surface area contributed by atoms with E-state index in [1.165, 1.54) is 0 Å². The van der Waals surface area contributed by atoms with E-state index < -0.39 is 0 Å². The largest absolute Gasteiger partial charge is 0.314 e. The van der Waals surface area contributed by atoms with E-state index in [4.69, 9.17) is 0 Å². The van der Waals surface area contributed by atoms with Crippen molar-refractivity contribution in [2.45, 2.75) is 5.16 Å². The molecule has 72 valence electrons. The second kappa shape index (κ2) is 4.19. The predicted octanol–water partition coefficient (Wildman–Crippen LogP) is 2.98. The number of halogens is 1. The molecule has 0 spiro atoms. The van der Waals surface area contributed by atoms with Crippen LogP contribution in [0, 0.1) is 0 Å². The third-order valence-electron chi connectivity index (χ3n) is 1.80. The highest BCUT2D eigenvalue weighted by molar-refractivity contribution is 9.11. The molecule has 0 radical (unpaired) electrons. The van der Waals surface area contributed by atoms with Gasteiger partial charge in [-0.05, 0) is 28.4 Å². The maximum absolute atomic E-state index is 3.79. The average Bonchev–Trinajstić information content (AvgIpc) is 2.57. The van der Waals surface area contributed by atoms with Gasteiger partial charge in [-0.3, -0.25) is 0 Å². The van der Waals surface area contributed by atoms with Crippen LogP contribution in [-0.2, 0) is 0 Å². The highest BCUT2D eigenvalue weighted by Gasteiger charge is 2.08. The summed E-state index contributed by atoms with van der Waals surface area (Å²) in [7, 11) is 0. The SMILES string of the molecule is C=C(Br)CSc1[nH]c2ccccc2[nH+]1. The van der Waals surface area contributed by atoms with Gasteiger partial charge in [0, 0.05) is 5.75 Å². The second-order valence-electron chi connectivity index (χ2n) is 2.93. The topological polar surface area (TPSA) is 29.9 Å². The maximum atomic E-state index is 3.79. The van der Waals surface area contributed by atoms with Crippen molar-refractivity contribution < 1.29 is 4.98 Å². The van der Waals surface area contributed by atoms with Crippen LogP contribution in [-0.4, -0.2) is 10.7 Å². The van der Waals surface area contributed by atoms with Crippen LogP contribution in [0.4, 0.5) is 0 Å². The molecule has 0 saturated carbocycles. The van der Waals surface area contributed by atoms with Crippen molar-refractivity contribution in [3.8, 4) is 0 Å². The van der Waals surface area contributed by atoms with Crippen LogP contribution in [0.25, 0.3) is 11.0 Å². The molecule has 0 saturated heterocycles. The lowest BCUT2D eigenvalue weighted by molar-refractivity contribution is -0.396. The maximum Gasteiger partial charge on any atom is 0.314 e. The number of aromatic nitrogens is 2. The van der Waals surface area contributed by atoms with Crippen LogP contribution in [0.2, 0.25) is 0 Å². The number of nitrogens with one attached hydrogen (secondary N) is 2. The highest BCUT2D eigenvalue weighted by atomic mass is 79.9. The first-order chi connectivity index (χ1) is 6.75. The highest BCUT2D eigenvalue weighted by Crippen LogP contribution is 2.19. The van der Waals surface area contributed by atoms with E-state index in [0.29, 0.717) is 0 Å². The third-order valence-corrected chi connectivity index (χ3v) is 3.43. The number of para-hydroxylation sites is 2. The van der Waals surface area contributed by atoms with Crippen LogP contribution in [0.5, 0.6) is 0 Å². The van der Waals surface area contributed by atoms with Gasteiger partial charge in [0.2, 0.25) is 0 Å². The lowest BCUT2D eigenvalue weighted by atomic mass is 10.3. The van der Waals surface area contributed by atoms with Crippen molar-refractivity contribution in [2.24, 2.45) is 0 Å². The number of rotatable bonds is 3. The van der Waals surface area contributed by atoms with Crippen molar-refractivity contribution in [2.75, 3.05) is 5.75 Å². The molecule has 2 nitrogen and oxygen atoms in total. The molecule has 1 aromatic carbocycles. The van der Waals surface area contributed by atoms with E-state index in [1.54, 1.807) is 11.8 Å². The van der Waals surface area contributed by atoms with Gasteiger partial charge < -0.3 is 0 Å². The van der Waals surface area contributed by atoms with Crippen molar-refractivity contribution in [3.63, 3.8) is 0 Å². The Labute approximate surface area is 94.9 Å². The lowest BCUT2D eigenvalue weighted by Crippen LogP contribution is -2.01. The molecular formula is C10H10BrN2S+. The molecule has 2 rings (SSSR count). The third kappa shape index (κ3) is 2.19. The average molecular weight is 270 g/mol. The van der Waals surface area contributed by atoms with Gasteiger partial charge in [-0.2, -0.15) is 0 Å². The first-order valence-electron chi connectivity index (χ1n) is 4.22. The number of aromatic amines is 2. The summed E-state index contributed by atoms with van der Waals surface area (Å²) in [5.74, 6) is 0.864. The van der Waals surface area contributed by atoms with E-state index in [9.17, 15) is 0 Å². The van der Waals surface area contributed by atoms with E-state index in [-0.39, 0.29) is 0 Å². The van der Waals surface area contributed by atoms with Gasteiger partial charge in [-0.25, -0.2) is 9.97 Å². The minimum Gasteiger partial charge on any atom is -0.231 e. The number of imidazole rings is 1. The lowest BCUT2D eigenvalue weighted by Gasteiger charge is -1.88. The van der Waals surface area contributed by atoms with Crippen LogP contribution in [0.15, 0.2) is 40.5 Å². The van der Waals surface area contributed by atoms with Crippen molar-refractivity contribution in [1.82, 2.24) is 4.98 Å². The zero-order valence-corrected chi connectivity index (χ0v) is 9.91. The fourth-order valence-electron chi connectivity index (χ4n) is 1.20. The van der Waals surface area contributed by atoms with Gasteiger partial charge in [0.1, 0.15) is 0 Å².